The first-order valence-corrected chi connectivity index (χ1v) is 23.3. The number of benzene rings is 3. The summed E-state index contributed by atoms with van der Waals surface area (Å²) < 4.78 is 9.37. The molecule has 14 heteroatoms. The molecule has 1 unspecified atom stereocenters. The normalized spacial score (nSPS) is 20.1. The number of nitrogens with zero attached hydrogens (tertiary/aromatic N) is 8. The van der Waals surface area contributed by atoms with E-state index in [-0.39, 0.29) is 23.4 Å². The van der Waals surface area contributed by atoms with E-state index in [9.17, 15) is 19.6 Å². The van der Waals surface area contributed by atoms with Crippen LogP contribution in [0.4, 0.5) is 5.95 Å². The predicted octanol–water partition coefficient (Wildman–Crippen LogP) is 7.10. The summed E-state index contributed by atoms with van der Waals surface area (Å²) in [5.74, 6) is 2.01. The smallest absolute Gasteiger partial charge is 0.329 e. The molecule has 6 heterocycles. The number of imide groups is 1. The fraction of sp³-hybridized carbons (Fsp3) is 0.480. The molecule has 4 aliphatic rings. The summed E-state index contributed by atoms with van der Waals surface area (Å²) in [6, 6.07) is 23.9. The van der Waals surface area contributed by atoms with E-state index in [0.717, 1.165) is 117 Å². The van der Waals surface area contributed by atoms with Crippen LogP contribution in [0, 0.1) is 17.2 Å². The van der Waals surface area contributed by atoms with Crippen LogP contribution in [0.5, 0.6) is 5.75 Å². The van der Waals surface area contributed by atoms with Gasteiger partial charge in [0.15, 0.2) is 0 Å². The number of carbonyl (C=O) groups is 2. The van der Waals surface area contributed by atoms with Crippen LogP contribution in [-0.2, 0) is 28.7 Å². The molecule has 3 aromatic carbocycles. The first kappa shape index (κ1) is 43.7. The van der Waals surface area contributed by atoms with Gasteiger partial charge >= 0.3 is 5.69 Å². The lowest BCUT2D eigenvalue weighted by atomic mass is 9.78. The topological polar surface area (TPSA) is 142 Å². The maximum absolute atomic E-state index is 13.3. The number of imidazole rings is 1. The molecule has 4 saturated heterocycles. The second-order valence-electron chi connectivity index (χ2n) is 18.8. The Bertz CT molecular complexity index is 2610. The average Bonchev–Trinajstić information content (AvgIpc) is 3.56. The Morgan fingerprint density at radius 2 is 1.59 bits per heavy atom. The lowest BCUT2D eigenvalue weighted by Crippen LogP contribution is -2.49. The fourth-order valence-corrected chi connectivity index (χ4v) is 10.8. The van der Waals surface area contributed by atoms with Crippen molar-refractivity contribution < 1.29 is 14.3 Å². The number of aryl methyl sites for hydroxylation is 1. The lowest BCUT2D eigenvalue weighted by Gasteiger charge is -2.43. The van der Waals surface area contributed by atoms with Crippen molar-refractivity contribution in [2.24, 2.45) is 13.0 Å². The van der Waals surface area contributed by atoms with Gasteiger partial charge < -0.3 is 19.4 Å². The minimum absolute atomic E-state index is 0.221. The van der Waals surface area contributed by atoms with Gasteiger partial charge in [0.25, 0.3) is 0 Å². The Morgan fingerprint density at radius 3 is 2.31 bits per heavy atom. The molecule has 64 heavy (non-hydrogen) atoms. The first-order valence-electron chi connectivity index (χ1n) is 23.0. The number of piperidine rings is 4. The molecular formula is C50H58ClN9O4. The summed E-state index contributed by atoms with van der Waals surface area (Å²) in [4.78, 5) is 54.9. The van der Waals surface area contributed by atoms with Crippen LogP contribution >= 0.6 is 11.6 Å². The van der Waals surface area contributed by atoms with Gasteiger partial charge in [-0.2, -0.15) is 5.26 Å². The summed E-state index contributed by atoms with van der Waals surface area (Å²) in [7, 11) is 1.77. The minimum Gasteiger partial charge on any atom is -0.487 e. The van der Waals surface area contributed by atoms with Crippen molar-refractivity contribution in [3.8, 4) is 11.8 Å². The summed E-state index contributed by atoms with van der Waals surface area (Å²) in [5.41, 5.74) is 5.76. The quantitative estimate of drug-likeness (QED) is 0.137. The van der Waals surface area contributed by atoms with E-state index in [0.29, 0.717) is 35.6 Å². The second-order valence-corrected chi connectivity index (χ2v) is 19.3. The third-order valence-corrected chi connectivity index (χ3v) is 14.8. The molecule has 334 valence electrons. The number of ether oxygens (including phenoxy) is 1. The van der Waals surface area contributed by atoms with Crippen LogP contribution in [0.15, 0.2) is 77.7 Å². The molecule has 5 aromatic rings. The van der Waals surface area contributed by atoms with Crippen LogP contribution in [0.3, 0.4) is 0 Å². The standard InChI is InChI=1S/C50H58ClN9O4/c1-50(2,38-26-34(30-52)27-39(51)29-38)37-5-7-42(8-6-37)64-32-40-12-19-53-48(54-40)59-24-17-41(18-25-59)58-22-13-33(14-23-58)31-57-20-15-35(16-21-57)36-4-9-43-45(28-36)56(3)49(63)60(43)44-10-11-46(61)55-47(44)62/h4-9,12,19,26-29,33,35,41,44H,10-11,13-18,20-25,31-32H2,1-3H3,(H,55,61,62). The van der Waals surface area contributed by atoms with Crippen molar-refractivity contribution in [3.63, 3.8) is 0 Å². The molecule has 4 fully saturated rings. The largest absolute Gasteiger partial charge is 0.487 e. The second kappa shape index (κ2) is 18.5. The van der Waals surface area contributed by atoms with Gasteiger partial charge in [-0.1, -0.05) is 43.6 Å². The van der Waals surface area contributed by atoms with Crippen molar-refractivity contribution in [2.45, 2.75) is 95.2 Å². The molecule has 4 aliphatic heterocycles. The van der Waals surface area contributed by atoms with Gasteiger partial charge in [-0.15, -0.1) is 0 Å². The third kappa shape index (κ3) is 9.19. The molecule has 0 aliphatic carbocycles. The van der Waals surface area contributed by atoms with Gasteiger partial charge in [0.2, 0.25) is 17.8 Å². The number of aromatic nitrogens is 4. The average molecular weight is 885 g/mol. The zero-order valence-electron chi connectivity index (χ0n) is 37.1. The third-order valence-electron chi connectivity index (χ3n) is 14.5. The van der Waals surface area contributed by atoms with Crippen LogP contribution in [0.2, 0.25) is 5.02 Å². The van der Waals surface area contributed by atoms with Gasteiger partial charge in [-0.05, 0) is 148 Å². The molecule has 0 saturated carbocycles. The van der Waals surface area contributed by atoms with E-state index >= 15 is 0 Å². The number of hydrogen-bond donors (Lipinski definition) is 1. The van der Waals surface area contributed by atoms with E-state index in [1.165, 1.54) is 18.4 Å². The van der Waals surface area contributed by atoms with Crippen LogP contribution in [0.25, 0.3) is 11.0 Å². The number of nitriles is 1. The van der Waals surface area contributed by atoms with Crippen LogP contribution in [-0.4, -0.2) is 92.6 Å². The fourth-order valence-electron chi connectivity index (χ4n) is 10.5. The highest BCUT2D eigenvalue weighted by atomic mass is 35.5. The molecule has 1 atom stereocenters. The number of fused-ring (bicyclic) bond motifs is 1. The molecule has 9 rings (SSSR count). The summed E-state index contributed by atoms with van der Waals surface area (Å²) >= 11 is 6.32. The van der Waals surface area contributed by atoms with Crippen molar-refractivity contribution in [2.75, 3.05) is 50.7 Å². The Labute approximate surface area is 380 Å². The van der Waals surface area contributed by atoms with Crippen molar-refractivity contribution in [1.82, 2.24) is 34.2 Å². The number of likely N-dealkylation sites (tertiary alicyclic amines) is 2. The number of amides is 2. The first-order chi connectivity index (χ1) is 30.9. The Morgan fingerprint density at radius 1 is 0.844 bits per heavy atom. The van der Waals surface area contributed by atoms with E-state index in [1.54, 1.807) is 22.2 Å². The van der Waals surface area contributed by atoms with E-state index in [1.807, 2.05) is 42.6 Å². The monoisotopic (exact) mass is 883 g/mol. The van der Waals surface area contributed by atoms with Gasteiger partial charge in [-0.3, -0.25) is 24.0 Å². The highest BCUT2D eigenvalue weighted by Crippen LogP contribution is 2.36. The maximum atomic E-state index is 13.3. The molecule has 0 spiro atoms. The van der Waals surface area contributed by atoms with Gasteiger partial charge in [0.1, 0.15) is 18.4 Å². The van der Waals surface area contributed by atoms with Gasteiger partial charge in [0, 0.05) is 55.8 Å². The molecule has 2 aromatic heterocycles. The number of anilines is 1. The number of hydrogen-bond acceptors (Lipinski definition) is 10. The van der Waals surface area contributed by atoms with Crippen LogP contribution < -0.4 is 20.6 Å². The Balaban J connectivity index is 0.707. The zero-order valence-corrected chi connectivity index (χ0v) is 37.9. The number of rotatable bonds is 11. The predicted molar refractivity (Wildman–Crippen MR) is 248 cm³/mol. The van der Waals surface area contributed by atoms with Crippen molar-refractivity contribution >= 4 is 40.4 Å². The Kier molecular flexibility index (Phi) is 12.6. The van der Waals surface area contributed by atoms with Crippen molar-refractivity contribution in [3.05, 3.63) is 116 Å². The number of nitrogens with one attached hydrogen (secondary N) is 1. The maximum Gasteiger partial charge on any atom is 0.329 e. The summed E-state index contributed by atoms with van der Waals surface area (Å²) in [6.07, 6.45) is 9.30. The summed E-state index contributed by atoms with van der Waals surface area (Å²) in [5, 5.41) is 12.4. The Hall–Kier alpha value is -5.55. The molecular weight excluding hydrogens is 826 g/mol. The summed E-state index contributed by atoms with van der Waals surface area (Å²) in [6.45, 7) is 12.1. The van der Waals surface area contributed by atoms with Gasteiger partial charge in [-0.25, -0.2) is 14.8 Å². The highest BCUT2D eigenvalue weighted by molar-refractivity contribution is 6.30. The molecule has 1 N–H and O–H groups in total. The lowest BCUT2D eigenvalue weighted by molar-refractivity contribution is -0.135. The molecule has 2 amide bonds. The zero-order chi connectivity index (χ0) is 44.5. The minimum atomic E-state index is -0.666. The van der Waals surface area contributed by atoms with E-state index in [4.69, 9.17) is 21.3 Å². The van der Waals surface area contributed by atoms with E-state index < -0.39 is 11.9 Å². The van der Waals surface area contributed by atoms with E-state index in [2.05, 4.69) is 69.2 Å². The van der Waals surface area contributed by atoms with Crippen molar-refractivity contribution in [1.29, 1.82) is 5.26 Å². The molecule has 0 radical (unpaired) electrons. The number of halogens is 1. The highest BCUT2D eigenvalue weighted by Gasteiger charge is 2.33. The SMILES string of the molecule is Cn1c(=O)n(C2CCC(=O)NC2=O)c2ccc(C3CCN(CC4CCN(C5CCN(c6nccc(COc7ccc(C(C)(C)c8cc(Cl)cc(C#N)c8)cc7)n6)CC5)CC4)CC3)cc21. The molecule has 0 bridgehead atoms. The van der Waals surface area contributed by atoms with Crippen LogP contribution in [0.1, 0.15) is 105 Å². The molecule has 13 nitrogen and oxygen atoms in total. The van der Waals surface area contributed by atoms with Gasteiger partial charge in [0.05, 0.1) is 28.4 Å². The number of carbonyl (C=O) groups excluding carboxylic acids is 2.